The van der Waals surface area contributed by atoms with Crippen LogP contribution in [0.1, 0.15) is 43.7 Å². The molecule has 1 fully saturated rings. The highest BCUT2D eigenvalue weighted by molar-refractivity contribution is 8.28. The number of benzene rings is 3. The molecule has 0 radical (unpaired) electrons. The number of hydrogen-bond acceptors (Lipinski definition) is 10. The Morgan fingerprint density at radius 2 is 1.40 bits per heavy atom. The van der Waals surface area contributed by atoms with E-state index < -0.39 is 57.3 Å². The van der Waals surface area contributed by atoms with E-state index in [9.17, 15) is 14.5 Å². The van der Waals surface area contributed by atoms with Crippen molar-refractivity contribution in [2.45, 2.75) is 69.0 Å². The van der Waals surface area contributed by atoms with Crippen molar-refractivity contribution in [1.29, 1.82) is 0 Å². The van der Waals surface area contributed by atoms with Gasteiger partial charge in [-0.15, -0.1) is 0 Å². The molecule has 0 spiro atoms. The molecular weight excluding hydrogens is 696 g/mol. The first-order valence-electron chi connectivity index (χ1n) is 16.2. The monoisotopic (exact) mass is 739 g/mol. The molecule has 5 atom stereocenters. The minimum atomic E-state index is -2.55. The lowest BCUT2D eigenvalue weighted by atomic mass is 9.80. The summed E-state index contributed by atoms with van der Waals surface area (Å²) in [5.41, 5.74) is 0.0386. The third kappa shape index (κ3) is 7.95. The third-order valence-electron chi connectivity index (χ3n) is 9.50. The Labute approximate surface area is 299 Å². The molecule has 0 saturated carbocycles. The second-order valence-corrected chi connectivity index (χ2v) is 19.9. The average Bonchev–Trinajstić information content (AvgIpc) is 3.40. The summed E-state index contributed by atoms with van der Waals surface area (Å²) in [6.45, 7) is 10.3. The Morgan fingerprint density at radius 1 is 0.860 bits per heavy atom. The lowest BCUT2D eigenvalue weighted by Crippen LogP contribution is -2.50. The molecule has 0 amide bonds. The minimum Gasteiger partial charge on any atom is -0.700 e. The van der Waals surface area contributed by atoms with Crippen molar-refractivity contribution >= 4 is 28.1 Å². The number of nitrogens with zero attached hydrogens (tertiary/aromatic N) is 1. The summed E-state index contributed by atoms with van der Waals surface area (Å²) < 4.78 is 38.9. The zero-order chi connectivity index (χ0) is 36.3. The average molecular weight is 740 g/mol. The lowest BCUT2D eigenvalue weighted by Gasteiger charge is -2.41. The molecule has 1 saturated heterocycles. The van der Waals surface area contributed by atoms with E-state index in [1.807, 2.05) is 78.9 Å². The van der Waals surface area contributed by atoms with Gasteiger partial charge in [0.05, 0.1) is 20.8 Å². The molecular formula is C36H44N2O9PSSi-. The summed E-state index contributed by atoms with van der Waals surface area (Å²) >= 11 is 5.19. The standard InChI is InChI=1S/C36H44N2O9PSSi/c1-35(2,3)50(6,7)47-32-31(46-48(41)49)29(45-33(32)38-22-21-30(39)37-34(38)40)23-44-36(24-11-9-8-10-12-24,25-13-17-27(42-4)18-14-25)26-15-19-28(43-5)20-16-26/h8-22,29,31-33,41H,23H2,1-7H3,(H,37,39,40)/q-1/t29-,31-,32-,33-,48?/m1/s1. The van der Waals surface area contributed by atoms with E-state index in [1.54, 1.807) is 14.2 Å². The zero-order valence-electron chi connectivity index (χ0n) is 29.2. The Balaban J connectivity index is 1.65. The lowest BCUT2D eigenvalue weighted by molar-refractivity contribution is -0.0934. The van der Waals surface area contributed by atoms with Crippen LogP contribution in [-0.2, 0) is 36.3 Å². The molecule has 14 heteroatoms. The number of ether oxygens (including phenoxy) is 4. The van der Waals surface area contributed by atoms with Crippen LogP contribution in [0.2, 0.25) is 18.1 Å². The maximum atomic E-state index is 13.2. The van der Waals surface area contributed by atoms with Gasteiger partial charge in [0.2, 0.25) is 0 Å². The van der Waals surface area contributed by atoms with Gasteiger partial charge in [-0.3, -0.25) is 14.3 Å². The molecule has 0 aliphatic carbocycles. The highest BCUT2D eigenvalue weighted by Crippen LogP contribution is 2.47. The van der Waals surface area contributed by atoms with E-state index in [1.165, 1.54) is 16.8 Å². The summed E-state index contributed by atoms with van der Waals surface area (Å²) in [6.07, 6.45) is -2.38. The number of nitrogens with one attached hydrogen (secondary N) is 1. The Kier molecular flexibility index (Phi) is 11.8. The van der Waals surface area contributed by atoms with Crippen molar-refractivity contribution < 1.29 is 32.8 Å². The van der Waals surface area contributed by atoms with Crippen LogP contribution in [0.3, 0.4) is 0 Å². The Bertz CT molecular complexity index is 1780. The SMILES string of the molecule is COc1ccc(C(OC[C@H]2O[C@@H](n3ccc(=O)[nH]c3=O)[C@H](O[Si](C)(C)C(C)(C)C)[C@@H]2OP(O)[S-])(c2ccccc2)c2ccc(OC)cc2)cc1. The van der Waals surface area contributed by atoms with E-state index >= 15 is 0 Å². The predicted octanol–water partition coefficient (Wildman–Crippen LogP) is 6.00. The number of hydrogen-bond donors (Lipinski definition) is 2. The van der Waals surface area contributed by atoms with Crippen LogP contribution in [0.15, 0.2) is 101 Å². The van der Waals surface area contributed by atoms with Gasteiger partial charge in [0.1, 0.15) is 35.4 Å². The van der Waals surface area contributed by atoms with Gasteiger partial charge in [0.15, 0.2) is 14.5 Å². The molecule has 1 aromatic heterocycles. The van der Waals surface area contributed by atoms with Crippen molar-refractivity contribution in [2.75, 3.05) is 20.8 Å². The molecule has 5 rings (SSSR count). The normalized spacial score (nSPS) is 20.4. The molecule has 11 nitrogen and oxygen atoms in total. The number of aromatic amines is 1. The topological polar surface area (TPSA) is 130 Å². The molecule has 3 aromatic carbocycles. The third-order valence-corrected chi connectivity index (χ3v) is 14.7. The van der Waals surface area contributed by atoms with E-state index in [0.717, 1.165) is 16.7 Å². The zero-order valence-corrected chi connectivity index (χ0v) is 31.9. The van der Waals surface area contributed by atoms with Crippen molar-refractivity contribution in [3.05, 3.63) is 129 Å². The number of H-pyrrole nitrogens is 1. The molecule has 0 bridgehead atoms. The van der Waals surface area contributed by atoms with E-state index in [-0.39, 0.29) is 11.6 Å². The first kappa shape index (κ1) is 38.0. The second-order valence-electron chi connectivity index (χ2n) is 13.5. The number of rotatable bonds is 13. The minimum absolute atomic E-state index is 0.0813. The van der Waals surface area contributed by atoms with Crippen molar-refractivity contribution in [3.63, 3.8) is 0 Å². The fourth-order valence-corrected chi connectivity index (χ4v) is 7.90. The van der Waals surface area contributed by atoms with Crippen LogP contribution in [0, 0.1) is 0 Å². The highest BCUT2D eigenvalue weighted by atomic mass is 32.7. The van der Waals surface area contributed by atoms with Crippen molar-refractivity contribution in [2.24, 2.45) is 0 Å². The van der Waals surface area contributed by atoms with Gasteiger partial charge in [-0.2, -0.15) is 0 Å². The molecule has 2 heterocycles. The van der Waals surface area contributed by atoms with Crippen LogP contribution in [0.5, 0.6) is 11.5 Å². The second kappa shape index (κ2) is 15.5. The quantitative estimate of drug-likeness (QED) is 0.0729. The van der Waals surface area contributed by atoms with Gasteiger partial charge in [0, 0.05) is 19.8 Å². The van der Waals surface area contributed by atoms with E-state index in [4.69, 9.17) is 40.1 Å². The fraction of sp³-hybridized carbons (Fsp3) is 0.389. The molecule has 1 aliphatic heterocycles. The molecule has 268 valence electrons. The van der Waals surface area contributed by atoms with Gasteiger partial charge in [-0.25, -0.2) is 4.79 Å². The van der Waals surface area contributed by atoms with Gasteiger partial charge >= 0.3 is 5.69 Å². The molecule has 1 aliphatic rings. The van der Waals surface area contributed by atoms with Gasteiger partial charge in [-0.1, -0.05) is 75.4 Å². The first-order valence-corrected chi connectivity index (χ1v) is 21.3. The molecule has 2 N–H and O–H groups in total. The van der Waals surface area contributed by atoms with Gasteiger partial charge in [0.25, 0.3) is 5.56 Å². The summed E-state index contributed by atoms with van der Waals surface area (Å²) in [7, 11) is -1.64. The van der Waals surface area contributed by atoms with E-state index in [2.05, 4.69) is 38.8 Å². The van der Waals surface area contributed by atoms with Crippen LogP contribution >= 0.6 is 7.58 Å². The largest absolute Gasteiger partial charge is 0.700 e. The Hall–Kier alpha value is -3.26. The Morgan fingerprint density at radius 3 is 1.88 bits per heavy atom. The van der Waals surface area contributed by atoms with Crippen LogP contribution in [0.4, 0.5) is 0 Å². The van der Waals surface area contributed by atoms with Crippen LogP contribution in [-0.4, -0.2) is 61.9 Å². The maximum Gasteiger partial charge on any atom is 0.330 e. The number of methoxy groups -OCH3 is 2. The van der Waals surface area contributed by atoms with Gasteiger partial charge in [-0.05, 0) is 59.1 Å². The fourth-order valence-electron chi connectivity index (χ4n) is 5.85. The summed E-state index contributed by atoms with van der Waals surface area (Å²) in [4.78, 5) is 38.0. The maximum absolute atomic E-state index is 13.2. The molecule has 50 heavy (non-hydrogen) atoms. The molecule has 4 aromatic rings. The predicted molar refractivity (Wildman–Crippen MR) is 197 cm³/mol. The van der Waals surface area contributed by atoms with Gasteiger partial charge < -0.3 is 45.0 Å². The first-order chi connectivity index (χ1) is 23.7. The number of aromatic nitrogens is 2. The summed E-state index contributed by atoms with van der Waals surface area (Å²) in [5.74, 6) is 1.36. The van der Waals surface area contributed by atoms with Crippen LogP contribution in [0.25, 0.3) is 0 Å². The summed E-state index contributed by atoms with van der Waals surface area (Å²) in [5, 5.41) is -0.226. The van der Waals surface area contributed by atoms with E-state index in [0.29, 0.717) is 11.5 Å². The highest BCUT2D eigenvalue weighted by Gasteiger charge is 2.53. The molecule has 1 unspecified atom stereocenters. The summed E-state index contributed by atoms with van der Waals surface area (Å²) in [6, 6.07) is 26.3. The van der Waals surface area contributed by atoms with Crippen molar-refractivity contribution in [1.82, 2.24) is 9.55 Å². The smallest absolute Gasteiger partial charge is 0.330 e. The van der Waals surface area contributed by atoms with Crippen molar-refractivity contribution in [3.8, 4) is 11.5 Å². The van der Waals surface area contributed by atoms with Crippen LogP contribution < -0.4 is 20.7 Å².